The maximum absolute atomic E-state index is 12.0. The number of anilines is 1. The van der Waals surface area contributed by atoms with Crippen LogP contribution < -0.4 is 10.1 Å². The van der Waals surface area contributed by atoms with Gasteiger partial charge >= 0.3 is 5.69 Å². The number of amides is 1. The van der Waals surface area contributed by atoms with Crippen LogP contribution >= 0.6 is 11.3 Å². The summed E-state index contributed by atoms with van der Waals surface area (Å²) in [4.78, 5) is 26.8. The van der Waals surface area contributed by atoms with Gasteiger partial charge in [0, 0.05) is 18.0 Å². The number of aromatic nitrogens is 1. The molecule has 0 aliphatic carbocycles. The van der Waals surface area contributed by atoms with E-state index in [9.17, 15) is 14.9 Å². The molecular weight excluding hydrogens is 330 g/mol. The van der Waals surface area contributed by atoms with Gasteiger partial charge in [-0.2, -0.15) is 0 Å². The van der Waals surface area contributed by atoms with E-state index in [2.05, 4.69) is 10.3 Å². The second-order valence-corrected chi connectivity index (χ2v) is 5.59. The molecule has 1 N–H and O–H groups in total. The van der Waals surface area contributed by atoms with Crippen LogP contribution in [0, 0.1) is 10.1 Å². The first-order valence-electron chi connectivity index (χ1n) is 6.85. The predicted molar refractivity (Wildman–Crippen MR) is 89.7 cm³/mol. The first-order chi connectivity index (χ1) is 11.6. The molecule has 120 valence electrons. The normalized spacial score (nSPS) is 10.2. The highest BCUT2D eigenvalue weighted by atomic mass is 32.1. The Morgan fingerprint density at radius 2 is 1.96 bits per heavy atom. The zero-order valence-electron chi connectivity index (χ0n) is 12.2. The molecule has 0 aliphatic rings. The molecule has 8 heteroatoms. The Bertz CT molecular complexity index is 863. The molecule has 3 aromatic rings. The van der Waals surface area contributed by atoms with Gasteiger partial charge in [-0.25, -0.2) is 4.98 Å². The van der Waals surface area contributed by atoms with Gasteiger partial charge in [0.1, 0.15) is 5.75 Å². The minimum absolute atomic E-state index is 0.0853. The van der Waals surface area contributed by atoms with E-state index in [1.807, 2.05) is 5.38 Å². The SMILES string of the molecule is O=C(Nc1ccc(Oc2ncccc2[N+](=O)[O-])cc1)c1cccs1. The zero-order chi connectivity index (χ0) is 16.9. The fourth-order valence-corrected chi connectivity index (χ4v) is 2.54. The van der Waals surface area contributed by atoms with Crippen molar-refractivity contribution in [3.63, 3.8) is 0 Å². The summed E-state index contributed by atoms with van der Waals surface area (Å²) in [5.74, 6) is 0.0998. The third-order valence-corrected chi connectivity index (χ3v) is 3.89. The summed E-state index contributed by atoms with van der Waals surface area (Å²) in [5.41, 5.74) is 0.379. The second kappa shape index (κ2) is 6.88. The highest BCUT2D eigenvalue weighted by Crippen LogP contribution is 2.29. The average Bonchev–Trinajstić information content (AvgIpc) is 3.11. The molecular formula is C16H11N3O4S. The Kier molecular flexibility index (Phi) is 4.48. The fourth-order valence-electron chi connectivity index (χ4n) is 1.92. The number of thiophene rings is 1. The van der Waals surface area contributed by atoms with Crippen LogP contribution in [-0.2, 0) is 0 Å². The summed E-state index contributed by atoms with van der Waals surface area (Å²) in [6.45, 7) is 0. The van der Waals surface area contributed by atoms with Gasteiger partial charge in [-0.15, -0.1) is 11.3 Å². The van der Waals surface area contributed by atoms with E-state index in [-0.39, 0.29) is 17.5 Å². The molecule has 0 saturated heterocycles. The summed E-state index contributed by atoms with van der Waals surface area (Å²) in [5, 5.41) is 15.5. The fraction of sp³-hybridized carbons (Fsp3) is 0. The molecule has 24 heavy (non-hydrogen) atoms. The molecule has 0 spiro atoms. The van der Waals surface area contributed by atoms with Crippen LogP contribution in [0.15, 0.2) is 60.1 Å². The standard InChI is InChI=1S/C16H11N3O4S/c20-15(14-4-2-10-24-14)18-11-5-7-12(8-6-11)23-16-13(19(21)22)3-1-9-17-16/h1-10H,(H,18,20). The van der Waals surface area contributed by atoms with Crippen LogP contribution in [0.5, 0.6) is 11.6 Å². The lowest BCUT2D eigenvalue weighted by atomic mass is 10.3. The van der Waals surface area contributed by atoms with E-state index in [4.69, 9.17) is 4.74 Å². The van der Waals surface area contributed by atoms with Crippen LogP contribution in [0.4, 0.5) is 11.4 Å². The van der Waals surface area contributed by atoms with Crippen molar-refractivity contribution >= 4 is 28.6 Å². The van der Waals surface area contributed by atoms with E-state index >= 15 is 0 Å². The molecule has 0 saturated carbocycles. The molecule has 1 amide bonds. The van der Waals surface area contributed by atoms with Crippen molar-refractivity contribution in [1.29, 1.82) is 0 Å². The number of ether oxygens (including phenoxy) is 1. The van der Waals surface area contributed by atoms with Gasteiger partial charge < -0.3 is 10.1 Å². The minimum atomic E-state index is -0.558. The lowest BCUT2D eigenvalue weighted by molar-refractivity contribution is -0.386. The molecule has 1 aromatic carbocycles. The number of nitro groups is 1. The Hall–Kier alpha value is -3.26. The van der Waals surface area contributed by atoms with Gasteiger partial charge in [0.05, 0.1) is 9.80 Å². The zero-order valence-corrected chi connectivity index (χ0v) is 13.0. The van der Waals surface area contributed by atoms with Gasteiger partial charge in [-0.05, 0) is 41.8 Å². The topological polar surface area (TPSA) is 94.4 Å². The molecule has 2 aromatic heterocycles. The molecule has 0 unspecified atom stereocenters. The van der Waals surface area contributed by atoms with Crippen molar-refractivity contribution in [3.05, 3.63) is 75.1 Å². The summed E-state index contributed by atoms with van der Waals surface area (Å²) < 4.78 is 5.44. The summed E-state index contributed by atoms with van der Waals surface area (Å²) in [6.07, 6.45) is 1.41. The Labute approximate surface area is 140 Å². The summed E-state index contributed by atoms with van der Waals surface area (Å²) in [7, 11) is 0. The van der Waals surface area contributed by atoms with Crippen LogP contribution in [0.3, 0.4) is 0 Å². The summed E-state index contributed by atoms with van der Waals surface area (Å²) in [6, 6.07) is 12.8. The number of hydrogen-bond acceptors (Lipinski definition) is 6. The third kappa shape index (κ3) is 3.55. The number of benzene rings is 1. The molecule has 7 nitrogen and oxygen atoms in total. The smallest absolute Gasteiger partial charge is 0.331 e. The first-order valence-corrected chi connectivity index (χ1v) is 7.73. The molecule has 2 heterocycles. The number of carbonyl (C=O) groups is 1. The lowest BCUT2D eigenvalue weighted by Gasteiger charge is -2.07. The molecule has 0 radical (unpaired) electrons. The van der Waals surface area contributed by atoms with Crippen molar-refractivity contribution in [2.45, 2.75) is 0 Å². The van der Waals surface area contributed by atoms with E-state index in [1.165, 1.54) is 29.7 Å². The van der Waals surface area contributed by atoms with Crippen molar-refractivity contribution in [2.24, 2.45) is 0 Å². The highest BCUT2D eigenvalue weighted by molar-refractivity contribution is 7.12. The number of carbonyl (C=O) groups excluding carboxylic acids is 1. The predicted octanol–water partition coefficient (Wildman–Crippen LogP) is 4.10. The van der Waals surface area contributed by atoms with Gasteiger partial charge in [-0.3, -0.25) is 14.9 Å². The van der Waals surface area contributed by atoms with Crippen LogP contribution in [-0.4, -0.2) is 15.8 Å². The monoisotopic (exact) mass is 341 g/mol. The third-order valence-electron chi connectivity index (χ3n) is 3.02. The first kappa shape index (κ1) is 15.6. The number of rotatable bonds is 5. The molecule has 0 fully saturated rings. The van der Waals surface area contributed by atoms with E-state index < -0.39 is 4.92 Å². The number of nitrogens with one attached hydrogen (secondary N) is 1. The maximum Gasteiger partial charge on any atom is 0.331 e. The van der Waals surface area contributed by atoms with Crippen molar-refractivity contribution in [3.8, 4) is 11.6 Å². The Morgan fingerprint density at radius 3 is 2.62 bits per heavy atom. The van der Waals surface area contributed by atoms with Crippen molar-refractivity contribution < 1.29 is 14.5 Å². The molecule has 0 atom stereocenters. The van der Waals surface area contributed by atoms with Crippen molar-refractivity contribution in [1.82, 2.24) is 4.98 Å². The van der Waals surface area contributed by atoms with Crippen LogP contribution in [0.25, 0.3) is 0 Å². The minimum Gasteiger partial charge on any atom is -0.434 e. The lowest BCUT2D eigenvalue weighted by Crippen LogP contribution is -2.09. The van der Waals surface area contributed by atoms with E-state index in [1.54, 1.807) is 36.4 Å². The van der Waals surface area contributed by atoms with E-state index in [0.717, 1.165) is 0 Å². The van der Waals surface area contributed by atoms with Crippen molar-refractivity contribution in [2.75, 3.05) is 5.32 Å². The second-order valence-electron chi connectivity index (χ2n) is 4.64. The van der Waals surface area contributed by atoms with Gasteiger partial charge in [0.25, 0.3) is 11.8 Å². The summed E-state index contributed by atoms with van der Waals surface area (Å²) >= 11 is 1.35. The van der Waals surface area contributed by atoms with Crippen LogP contribution in [0.2, 0.25) is 0 Å². The van der Waals surface area contributed by atoms with E-state index in [0.29, 0.717) is 16.3 Å². The number of pyridine rings is 1. The van der Waals surface area contributed by atoms with Gasteiger partial charge in [0.2, 0.25) is 0 Å². The highest BCUT2D eigenvalue weighted by Gasteiger charge is 2.16. The number of nitrogens with zero attached hydrogens (tertiary/aromatic N) is 2. The molecule has 0 bridgehead atoms. The average molecular weight is 341 g/mol. The Balaban J connectivity index is 1.71. The Morgan fingerprint density at radius 1 is 1.17 bits per heavy atom. The van der Waals surface area contributed by atoms with Crippen LogP contribution in [0.1, 0.15) is 9.67 Å². The number of hydrogen-bond donors (Lipinski definition) is 1. The quantitative estimate of drug-likeness (QED) is 0.557. The van der Waals surface area contributed by atoms with Gasteiger partial charge in [-0.1, -0.05) is 6.07 Å². The molecule has 3 rings (SSSR count). The largest absolute Gasteiger partial charge is 0.434 e. The molecule has 0 aliphatic heterocycles. The van der Waals surface area contributed by atoms with Gasteiger partial charge in [0.15, 0.2) is 0 Å². The maximum atomic E-state index is 12.0.